The first-order chi connectivity index (χ1) is 19.0. The molecule has 0 fully saturated rings. The molecule has 0 radical (unpaired) electrons. The summed E-state index contributed by atoms with van der Waals surface area (Å²) >= 11 is 0. The number of nitrogens with zero attached hydrogens (tertiary/aromatic N) is 5. The third kappa shape index (κ3) is 10.5. The van der Waals surface area contributed by atoms with E-state index in [1.165, 1.54) is 11.1 Å². The minimum Gasteiger partial charge on any atom is -0.497 e. The molecule has 2 aromatic heterocycles. The molecule has 0 saturated heterocycles. The normalized spacial score (nSPS) is 11.6. The highest BCUT2D eigenvalue weighted by molar-refractivity contribution is 5.40. The molecule has 1 atom stereocenters. The Balaban J connectivity index is 0.000000218. The fraction of sp³-hybridized carbons (Fsp3) is 0.333. The summed E-state index contributed by atoms with van der Waals surface area (Å²) in [6.07, 6.45) is 4.81. The van der Waals surface area contributed by atoms with Gasteiger partial charge in [0, 0.05) is 43.6 Å². The fourth-order valence-electron chi connectivity index (χ4n) is 4.23. The minimum absolute atomic E-state index is 0.384. The summed E-state index contributed by atoms with van der Waals surface area (Å²) in [5, 5.41) is 0. The van der Waals surface area contributed by atoms with E-state index in [-0.39, 0.29) is 0 Å². The molecule has 4 aromatic rings. The molecular weight excluding hydrogens is 482 g/mol. The molecule has 4 rings (SSSR count). The highest BCUT2D eigenvalue weighted by atomic mass is 16.5. The average Bonchev–Trinajstić information content (AvgIpc) is 2.97. The molecule has 2 heterocycles. The van der Waals surface area contributed by atoms with Gasteiger partial charge in [0.1, 0.15) is 11.6 Å². The maximum Gasteiger partial charge on any atom is 0.128 e. The summed E-state index contributed by atoms with van der Waals surface area (Å²) in [7, 11) is 10.1. The molecule has 0 bridgehead atoms. The Bertz CT molecular complexity index is 1130. The van der Waals surface area contributed by atoms with Gasteiger partial charge in [0.05, 0.1) is 7.11 Å². The summed E-state index contributed by atoms with van der Waals surface area (Å²) in [5.41, 5.74) is 3.75. The molecule has 6 nitrogen and oxygen atoms in total. The maximum absolute atomic E-state index is 5.21. The molecule has 0 aliphatic rings. The second-order valence-electron chi connectivity index (χ2n) is 10.1. The van der Waals surface area contributed by atoms with Gasteiger partial charge >= 0.3 is 0 Å². The third-order valence-corrected chi connectivity index (χ3v) is 6.43. The van der Waals surface area contributed by atoms with Crippen LogP contribution in [-0.2, 0) is 6.54 Å². The second-order valence-corrected chi connectivity index (χ2v) is 10.1. The zero-order chi connectivity index (χ0) is 27.9. The summed E-state index contributed by atoms with van der Waals surface area (Å²) in [6, 6.07) is 31.0. The monoisotopic (exact) mass is 525 g/mol. The lowest BCUT2D eigenvalue weighted by atomic mass is 9.92. The number of hydrogen-bond donors (Lipinski definition) is 0. The topological polar surface area (TPSA) is 44.7 Å². The smallest absolute Gasteiger partial charge is 0.128 e. The number of likely N-dealkylation sites (N-methyl/N-ethyl adjacent to an activating group) is 1. The standard InChI is InChI=1S/C17H23N3O.C16H20N2/c1-19(2)12-13-20(17-6-4-5-11-18-17)14-15-7-9-16(21-3)10-8-15;1-18(2)13-11-15(14-8-4-3-5-9-14)16-10-6-7-12-17-16/h4-11H,12-14H2,1-3H3;3-10,12,15H,11,13H2,1-2H3. The number of anilines is 1. The van der Waals surface area contributed by atoms with Crippen molar-refractivity contribution in [2.45, 2.75) is 18.9 Å². The number of pyridine rings is 2. The third-order valence-electron chi connectivity index (χ3n) is 6.43. The molecule has 0 aliphatic carbocycles. The van der Waals surface area contributed by atoms with Crippen molar-refractivity contribution in [3.63, 3.8) is 0 Å². The van der Waals surface area contributed by atoms with Gasteiger partial charge in [-0.05, 0) is 88.7 Å². The lowest BCUT2D eigenvalue weighted by Crippen LogP contribution is -2.31. The van der Waals surface area contributed by atoms with Crippen molar-refractivity contribution in [2.24, 2.45) is 0 Å². The maximum atomic E-state index is 5.21. The highest BCUT2D eigenvalue weighted by Crippen LogP contribution is 2.26. The van der Waals surface area contributed by atoms with Crippen molar-refractivity contribution < 1.29 is 4.74 Å². The average molecular weight is 526 g/mol. The van der Waals surface area contributed by atoms with Crippen LogP contribution < -0.4 is 9.64 Å². The number of hydrogen-bond acceptors (Lipinski definition) is 6. The van der Waals surface area contributed by atoms with Gasteiger partial charge in [-0.3, -0.25) is 4.98 Å². The van der Waals surface area contributed by atoms with Gasteiger partial charge in [-0.15, -0.1) is 0 Å². The zero-order valence-electron chi connectivity index (χ0n) is 24.1. The highest BCUT2D eigenvalue weighted by Gasteiger charge is 2.15. The molecule has 1 unspecified atom stereocenters. The summed E-state index contributed by atoms with van der Waals surface area (Å²) < 4.78 is 5.21. The molecule has 0 aliphatic heterocycles. The van der Waals surface area contributed by atoms with Crippen LogP contribution in [0.4, 0.5) is 5.82 Å². The molecule has 0 spiro atoms. The first-order valence-electron chi connectivity index (χ1n) is 13.5. The van der Waals surface area contributed by atoms with Gasteiger partial charge in [0.2, 0.25) is 0 Å². The summed E-state index contributed by atoms with van der Waals surface area (Å²) in [5.74, 6) is 2.28. The van der Waals surface area contributed by atoms with Gasteiger partial charge < -0.3 is 19.4 Å². The van der Waals surface area contributed by atoms with Crippen LogP contribution in [0.1, 0.15) is 29.2 Å². The van der Waals surface area contributed by atoms with Crippen molar-refractivity contribution in [3.8, 4) is 5.75 Å². The summed E-state index contributed by atoms with van der Waals surface area (Å²) in [4.78, 5) is 15.7. The molecule has 2 aromatic carbocycles. The van der Waals surface area contributed by atoms with Crippen LogP contribution in [0.15, 0.2) is 103 Å². The molecule has 0 saturated carbocycles. The first-order valence-corrected chi connectivity index (χ1v) is 13.5. The van der Waals surface area contributed by atoms with Crippen molar-refractivity contribution in [2.75, 3.05) is 59.8 Å². The van der Waals surface area contributed by atoms with Crippen LogP contribution >= 0.6 is 0 Å². The van der Waals surface area contributed by atoms with Crippen molar-refractivity contribution >= 4 is 5.82 Å². The largest absolute Gasteiger partial charge is 0.497 e. The van der Waals surface area contributed by atoms with Crippen LogP contribution in [0.3, 0.4) is 0 Å². The number of methoxy groups -OCH3 is 1. The number of benzene rings is 2. The molecule has 206 valence electrons. The number of aromatic nitrogens is 2. The van der Waals surface area contributed by atoms with E-state index in [1.807, 2.05) is 42.7 Å². The van der Waals surface area contributed by atoms with E-state index < -0.39 is 0 Å². The molecule has 0 N–H and O–H groups in total. The minimum atomic E-state index is 0.384. The van der Waals surface area contributed by atoms with E-state index in [9.17, 15) is 0 Å². The Morgan fingerprint density at radius 3 is 1.87 bits per heavy atom. The lowest BCUT2D eigenvalue weighted by Gasteiger charge is -2.25. The predicted molar refractivity (Wildman–Crippen MR) is 163 cm³/mol. The molecule has 6 heteroatoms. The van der Waals surface area contributed by atoms with Crippen LogP contribution in [0.2, 0.25) is 0 Å². The quantitative estimate of drug-likeness (QED) is 0.232. The van der Waals surface area contributed by atoms with Gasteiger partial charge in [0.15, 0.2) is 0 Å². The van der Waals surface area contributed by atoms with E-state index in [0.717, 1.165) is 49.9 Å². The SMILES string of the molecule is CN(C)CCC(c1ccccc1)c1ccccn1.COc1ccc(CN(CCN(C)C)c2ccccn2)cc1. The van der Waals surface area contributed by atoms with E-state index in [2.05, 4.69) is 114 Å². The Kier molecular flexibility index (Phi) is 12.4. The Morgan fingerprint density at radius 1 is 0.667 bits per heavy atom. The molecule has 39 heavy (non-hydrogen) atoms. The lowest BCUT2D eigenvalue weighted by molar-refractivity contribution is 0.389. The van der Waals surface area contributed by atoms with Gasteiger partial charge in [-0.1, -0.05) is 54.6 Å². The van der Waals surface area contributed by atoms with E-state index in [4.69, 9.17) is 4.74 Å². The van der Waals surface area contributed by atoms with Crippen LogP contribution in [-0.4, -0.2) is 74.7 Å². The van der Waals surface area contributed by atoms with Crippen molar-refractivity contribution in [3.05, 3.63) is 120 Å². The Morgan fingerprint density at radius 2 is 1.31 bits per heavy atom. The number of rotatable bonds is 12. The van der Waals surface area contributed by atoms with Crippen molar-refractivity contribution in [1.29, 1.82) is 0 Å². The van der Waals surface area contributed by atoms with Crippen molar-refractivity contribution in [1.82, 2.24) is 19.8 Å². The van der Waals surface area contributed by atoms with E-state index >= 15 is 0 Å². The van der Waals surface area contributed by atoms with Crippen LogP contribution in [0.5, 0.6) is 5.75 Å². The van der Waals surface area contributed by atoms with E-state index in [1.54, 1.807) is 7.11 Å². The van der Waals surface area contributed by atoms with Crippen LogP contribution in [0, 0.1) is 0 Å². The van der Waals surface area contributed by atoms with Gasteiger partial charge in [-0.25, -0.2) is 4.98 Å². The van der Waals surface area contributed by atoms with Crippen LogP contribution in [0.25, 0.3) is 0 Å². The Hall–Kier alpha value is -3.74. The molecule has 0 amide bonds. The zero-order valence-corrected chi connectivity index (χ0v) is 24.1. The second kappa shape index (κ2) is 16.3. The first kappa shape index (κ1) is 29.8. The summed E-state index contributed by atoms with van der Waals surface area (Å²) in [6.45, 7) is 3.84. The van der Waals surface area contributed by atoms with E-state index in [0.29, 0.717) is 5.92 Å². The Labute approximate surface area is 234 Å². The number of ether oxygens (including phenoxy) is 1. The molecular formula is C33H43N5O. The predicted octanol–water partition coefficient (Wildman–Crippen LogP) is 5.82. The fourth-order valence-corrected chi connectivity index (χ4v) is 4.23. The van der Waals surface area contributed by atoms with Gasteiger partial charge in [0.25, 0.3) is 0 Å². The van der Waals surface area contributed by atoms with Gasteiger partial charge in [-0.2, -0.15) is 0 Å².